The lowest BCUT2D eigenvalue weighted by atomic mass is 10.3. The van der Waals surface area contributed by atoms with Gasteiger partial charge in [0.1, 0.15) is 0 Å². The zero-order chi connectivity index (χ0) is 13.4. The number of halogens is 2. The molecule has 1 heterocycles. The molecule has 1 aromatic rings. The van der Waals surface area contributed by atoms with Crippen LogP contribution in [-0.4, -0.2) is 26.3 Å². The average molecular weight is 256 g/mol. The van der Waals surface area contributed by atoms with Crippen LogP contribution in [0.2, 0.25) is 0 Å². The summed E-state index contributed by atoms with van der Waals surface area (Å²) in [4.78, 5) is 10.6. The molecule has 2 amide bonds. The predicted octanol–water partition coefficient (Wildman–Crippen LogP) is 1.79. The van der Waals surface area contributed by atoms with Crippen LogP contribution in [0.15, 0.2) is 36.0 Å². The summed E-state index contributed by atoms with van der Waals surface area (Å²) >= 11 is 0. The summed E-state index contributed by atoms with van der Waals surface area (Å²) in [5, 5.41) is 5.19. The van der Waals surface area contributed by atoms with Gasteiger partial charge in [0.05, 0.1) is 6.61 Å². The Kier molecular flexibility index (Phi) is 5.79. The molecule has 0 saturated carbocycles. The van der Waals surface area contributed by atoms with Gasteiger partial charge < -0.3 is 15.4 Å². The molecule has 0 spiro atoms. The lowest BCUT2D eigenvalue weighted by molar-refractivity contribution is 0.212. The van der Waals surface area contributed by atoms with E-state index in [4.69, 9.17) is 4.74 Å². The fraction of sp³-hybridized carbons (Fsp3) is 0.250. The predicted molar refractivity (Wildman–Crippen MR) is 62.9 cm³/mol. The number of hydrogen-bond donors (Lipinski definition) is 2. The number of benzene rings is 1. The van der Waals surface area contributed by atoms with Crippen molar-refractivity contribution < 1.29 is 18.3 Å². The maximum atomic E-state index is 11.9. The fourth-order valence-electron chi connectivity index (χ4n) is 1.20. The van der Waals surface area contributed by atoms with Gasteiger partial charge in [0.15, 0.2) is 11.6 Å². The second-order valence-electron chi connectivity index (χ2n) is 3.41. The Morgan fingerprint density at radius 2 is 1.89 bits per heavy atom. The van der Waals surface area contributed by atoms with Crippen LogP contribution in [-0.2, 0) is 4.74 Å². The minimum atomic E-state index is -0.799. The van der Waals surface area contributed by atoms with Crippen LogP contribution in [0, 0.1) is 11.6 Å². The van der Waals surface area contributed by atoms with Gasteiger partial charge in [0, 0.05) is 19.4 Å². The quantitative estimate of drug-likeness (QED) is 0.847. The van der Waals surface area contributed by atoms with Gasteiger partial charge >= 0.3 is 6.03 Å². The molecule has 0 radical (unpaired) electrons. The molecule has 4 nitrogen and oxygen atoms in total. The van der Waals surface area contributed by atoms with Crippen LogP contribution in [0.5, 0.6) is 0 Å². The second-order valence-corrected chi connectivity index (χ2v) is 3.41. The molecule has 98 valence electrons. The van der Waals surface area contributed by atoms with Crippen molar-refractivity contribution in [2.45, 2.75) is 0 Å². The van der Waals surface area contributed by atoms with Crippen LogP contribution in [0.25, 0.3) is 0 Å². The van der Waals surface area contributed by atoms with Crippen molar-refractivity contribution in [1.29, 1.82) is 0 Å². The van der Waals surface area contributed by atoms with Gasteiger partial charge in [-0.3, -0.25) is 0 Å². The molecule has 0 bridgehead atoms. The van der Waals surface area contributed by atoms with Gasteiger partial charge in [-0.1, -0.05) is 12.1 Å². The summed E-state index contributed by atoms with van der Waals surface area (Å²) < 4.78 is 28.7. The molecule has 2 rings (SSSR count). The highest BCUT2D eigenvalue weighted by molar-refractivity contribution is 5.77. The molecule has 6 heteroatoms. The number of urea groups is 1. The second kappa shape index (κ2) is 7.39. The third-order valence-electron chi connectivity index (χ3n) is 2.01. The molecule has 0 aromatic heterocycles. The van der Waals surface area contributed by atoms with E-state index in [2.05, 4.69) is 10.6 Å². The third-order valence-corrected chi connectivity index (χ3v) is 2.01. The first kappa shape index (κ1) is 14.1. The summed E-state index contributed by atoms with van der Waals surface area (Å²) in [6.07, 6.45) is 1.88. The van der Waals surface area contributed by atoms with E-state index >= 15 is 0 Å². The van der Waals surface area contributed by atoms with Crippen LogP contribution in [0.3, 0.4) is 0 Å². The lowest BCUT2D eigenvalue weighted by Gasteiger charge is -2.14. The molecule has 0 unspecified atom stereocenters. The highest BCUT2D eigenvalue weighted by atomic mass is 19.2. The first-order valence-electron chi connectivity index (χ1n) is 5.26. The Morgan fingerprint density at radius 3 is 2.33 bits per heavy atom. The summed E-state index contributed by atoms with van der Waals surface area (Å²) in [6.45, 7) is 1.05. The van der Waals surface area contributed by atoms with Crippen molar-refractivity contribution >= 4 is 6.03 Å². The molecular weight excluding hydrogens is 242 g/mol. The number of carbonyl (C=O) groups excluding carboxylic acids is 1. The van der Waals surface area contributed by atoms with Gasteiger partial charge in [-0.05, 0) is 18.2 Å². The number of ether oxygens (including phenoxy) is 1. The number of methoxy groups -OCH3 is 1. The van der Waals surface area contributed by atoms with Gasteiger partial charge in [-0.2, -0.15) is 0 Å². The number of amides is 2. The van der Waals surface area contributed by atoms with Crippen molar-refractivity contribution in [3.63, 3.8) is 0 Å². The minimum Gasteiger partial charge on any atom is -0.378 e. The maximum Gasteiger partial charge on any atom is 0.319 e. The van der Waals surface area contributed by atoms with Gasteiger partial charge in [0.25, 0.3) is 0 Å². The van der Waals surface area contributed by atoms with Crippen molar-refractivity contribution in [2.24, 2.45) is 0 Å². The molecule has 0 atom stereocenters. The maximum absolute atomic E-state index is 11.9. The standard InChI is InChI=1S/C6H4F2.C6H10N2O2/c7-5-3-1-2-4-6(5)8;1-10-4-5-2-3-7-6(9)8-5/h1-4H;2H,3-4H2,1H3,(H2,7,8,9). The third kappa shape index (κ3) is 4.92. The van der Waals surface area contributed by atoms with Crippen molar-refractivity contribution in [3.05, 3.63) is 47.7 Å². The van der Waals surface area contributed by atoms with E-state index in [0.29, 0.717) is 13.2 Å². The zero-order valence-electron chi connectivity index (χ0n) is 9.87. The molecule has 0 fully saturated rings. The molecule has 2 N–H and O–H groups in total. The number of nitrogens with one attached hydrogen (secondary N) is 2. The Hall–Kier alpha value is -1.95. The first-order chi connectivity index (χ1) is 8.63. The van der Waals surface area contributed by atoms with E-state index in [1.54, 1.807) is 7.11 Å². The summed E-state index contributed by atoms with van der Waals surface area (Å²) in [5.74, 6) is -1.60. The fourth-order valence-corrected chi connectivity index (χ4v) is 1.20. The van der Waals surface area contributed by atoms with E-state index in [1.165, 1.54) is 12.1 Å². The van der Waals surface area contributed by atoms with Gasteiger partial charge in [-0.25, -0.2) is 13.6 Å². The largest absolute Gasteiger partial charge is 0.378 e. The lowest BCUT2D eigenvalue weighted by Crippen LogP contribution is -2.40. The van der Waals surface area contributed by atoms with Crippen LogP contribution >= 0.6 is 0 Å². The highest BCUT2D eigenvalue weighted by Crippen LogP contribution is 2.01. The molecule has 18 heavy (non-hydrogen) atoms. The van der Waals surface area contributed by atoms with E-state index < -0.39 is 11.6 Å². The molecule has 1 aliphatic rings. The summed E-state index contributed by atoms with van der Waals surface area (Å²) in [5.41, 5.74) is 0.825. The Bertz CT molecular complexity index is 415. The molecule has 1 aromatic carbocycles. The van der Waals surface area contributed by atoms with Crippen LogP contribution in [0.4, 0.5) is 13.6 Å². The SMILES string of the molecule is COCC1=CCNC(=O)N1.Fc1ccccc1F. The van der Waals surface area contributed by atoms with E-state index in [9.17, 15) is 13.6 Å². The topological polar surface area (TPSA) is 50.4 Å². The first-order valence-corrected chi connectivity index (χ1v) is 5.26. The monoisotopic (exact) mass is 256 g/mol. The number of hydrogen-bond acceptors (Lipinski definition) is 2. The normalized spacial score (nSPS) is 13.7. The van der Waals surface area contributed by atoms with Gasteiger partial charge in [-0.15, -0.1) is 0 Å². The number of carbonyl (C=O) groups is 1. The summed E-state index contributed by atoms with van der Waals surface area (Å²) in [6, 6.07) is 4.89. The van der Waals surface area contributed by atoms with Crippen molar-refractivity contribution in [2.75, 3.05) is 20.3 Å². The van der Waals surface area contributed by atoms with E-state index in [-0.39, 0.29) is 6.03 Å². The zero-order valence-corrected chi connectivity index (χ0v) is 9.87. The molecule has 0 aliphatic carbocycles. The van der Waals surface area contributed by atoms with Crippen LogP contribution in [0.1, 0.15) is 0 Å². The minimum absolute atomic E-state index is 0.158. The van der Waals surface area contributed by atoms with E-state index in [1.807, 2.05) is 6.08 Å². The van der Waals surface area contributed by atoms with Gasteiger partial charge in [0.2, 0.25) is 0 Å². The molecule has 0 saturated heterocycles. The Labute approximate surface area is 104 Å². The molecule has 1 aliphatic heterocycles. The average Bonchev–Trinajstić information content (AvgIpc) is 2.34. The summed E-state index contributed by atoms with van der Waals surface area (Å²) in [7, 11) is 1.59. The smallest absolute Gasteiger partial charge is 0.319 e. The van der Waals surface area contributed by atoms with E-state index in [0.717, 1.165) is 17.8 Å². The number of rotatable bonds is 2. The Morgan fingerprint density at radius 1 is 1.28 bits per heavy atom. The molecular formula is C12H14F2N2O2. The van der Waals surface area contributed by atoms with Crippen LogP contribution < -0.4 is 10.6 Å². The van der Waals surface area contributed by atoms with Crippen molar-refractivity contribution in [1.82, 2.24) is 10.6 Å². The highest BCUT2D eigenvalue weighted by Gasteiger charge is 2.06. The Balaban J connectivity index is 0.000000184. The van der Waals surface area contributed by atoms with Crippen molar-refractivity contribution in [3.8, 4) is 0 Å².